The lowest BCUT2D eigenvalue weighted by molar-refractivity contribution is -0.190. The molecule has 2 aliphatic heterocycles. The molecule has 2 aromatic rings. The van der Waals surface area contributed by atoms with Crippen molar-refractivity contribution >= 4 is 35.3 Å². The minimum atomic E-state index is -3.87. The zero-order chi connectivity index (χ0) is 33.3. The predicted molar refractivity (Wildman–Crippen MR) is 158 cm³/mol. The van der Waals surface area contributed by atoms with Crippen molar-refractivity contribution in [3.05, 3.63) is 53.1 Å². The van der Waals surface area contributed by atoms with Gasteiger partial charge in [0.15, 0.2) is 11.5 Å². The summed E-state index contributed by atoms with van der Waals surface area (Å²) in [5.41, 5.74) is -0.542. The first-order chi connectivity index (χ1) is 21.1. The van der Waals surface area contributed by atoms with Crippen molar-refractivity contribution in [2.75, 3.05) is 19.3 Å². The van der Waals surface area contributed by atoms with Crippen LogP contribution in [0, 0.1) is 11.3 Å². The Hall–Kier alpha value is -4.55. The zero-order valence-corrected chi connectivity index (χ0v) is 26.1. The van der Waals surface area contributed by atoms with Gasteiger partial charge in [0, 0.05) is 12.3 Å². The van der Waals surface area contributed by atoms with Crippen LogP contribution >= 0.6 is 0 Å². The van der Waals surface area contributed by atoms with Gasteiger partial charge in [-0.25, -0.2) is 9.86 Å². The van der Waals surface area contributed by atoms with Gasteiger partial charge in [-0.3, -0.25) is 29.4 Å². The van der Waals surface area contributed by atoms with Gasteiger partial charge in [-0.05, 0) is 54.2 Å². The van der Waals surface area contributed by atoms with Crippen LogP contribution in [0.4, 0.5) is 14.5 Å². The normalized spacial score (nSPS) is 17.5. The van der Waals surface area contributed by atoms with E-state index in [0.717, 1.165) is 9.96 Å². The molecule has 1 saturated heterocycles. The maximum Gasteiger partial charge on any atom is 0.402 e. The molecule has 0 saturated carbocycles. The second-order valence-electron chi connectivity index (χ2n) is 12.1. The molecular weight excluding hydrogens is 592 g/mol. The number of rotatable bonds is 11. The average molecular weight is 630 g/mol. The lowest BCUT2D eigenvalue weighted by Crippen LogP contribution is -2.54. The molecule has 13 heteroatoms. The number of nitrogens with zero attached hydrogens (tertiary/aromatic N) is 2. The number of piperidine rings is 1. The molecule has 4 rings (SSSR count). The van der Waals surface area contributed by atoms with Crippen molar-refractivity contribution in [3.63, 3.8) is 0 Å². The Kier molecular flexibility index (Phi) is 9.50. The zero-order valence-electron chi connectivity index (χ0n) is 26.1. The second-order valence-corrected chi connectivity index (χ2v) is 12.1. The molecule has 45 heavy (non-hydrogen) atoms. The van der Waals surface area contributed by atoms with Crippen LogP contribution < -0.4 is 19.9 Å². The lowest BCUT2D eigenvalue weighted by Gasteiger charge is -2.36. The number of ether oxygens (including phenoxy) is 2. The molecule has 2 atom stereocenters. The highest BCUT2D eigenvalue weighted by Crippen LogP contribution is 2.43. The number of hydrogen-bond donors (Lipinski definition) is 1. The number of fused-ring (bicyclic) bond motifs is 1. The molecule has 242 valence electrons. The van der Waals surface area contributed by atoms with Crippen molar-refractivity contribution in [1.82, 2.24) is 10.2 Å². The van der Waals surface area contributed by atoms with E-state index in [9.17, 15) is 24.0 Å². The number of nitrogens with one attached hydrogen (secondary N) is 1. The third-order valence-electron chi connectivity index (χ3n) is 8.01. The van der Waals surface area contributed by atoms with Crippen LogP contribution in [0.3, 0.4) is 0 Å². The first-order valence-electron chi connectivity index (χ1n) is 14.6. The molecule has 0 bridgehead atoms. The summed E-state index contributed by atoms with van der Waals surface area (Å²) in [4.78, 5) is 70.1. The van der Waals surface area contributed by atoms with Gasteiger partial charge in [0.2, 0.25) is 11.8 Å². The molecule has 2 aromatic carbocycles. The predicted octanol–water partition coefficient (Wildman–Crippen LogP) is 4.67. The van der Waals surface area contributed by atoms with Gasteiger partial charge in [-0.15, -0.1) is 0 Å². The molecular formula is C32H37F2N3O8. The van der Waals surface area contributed by atoms with E-state index >= 15 is 8.78 Å². The van der Waals surface area contributed by atoms with E-state index in [1.807, 2.05) is 0 Å². The summed E-state index contributed by atoms with van der Waals surface area (Å²) in [5, 5.41) is 3.06. The first kappa shape index (κ1) is 33.3. The number of carbonyl (C=O) groups excluding carboxylic acids is 5. The Morgan fingerprint density at radius 3 is 2.27 bits per heavy atom. The van der Waals surface area contributed by atoms with Crippen LogP contribution in [0.15, 0.2) is 36.4 Å². The Morgan fingerprint density at radius 2 is 1.67 bits per heavy atom. The third-order valence-corrected chi connectivity index (χ3v) is 8.01. The summed E-state index contributed by atoms with van der Waals surface area (Å²) >= 11 is 0. The average Bonchev–Trinajstić information content (AvgIpc) is 3.23. The molecule has 2 unspecified atom stereocenters. The van der Waals surface area contributed by atoms with Gasteiger partial charge in [-0.2, -0.15) is 8.78 Å². The fraction of sp³-hybridized carbons (Fsp3) is 0.469. The van der Waals surface area contributed by atoms with E-state index in [0.29, 0.717) is 23.5 Å². The Labute approximate surface area is 259 Å². The number of carbonyl (C=O) groups is 5. The largest absolute Gasteiger partial charge is 0.493 e. The van der Waals surface area contributed by atoms with Crippen molar-refractivity contribution in [2.45, 2.75) is 71.9 Å². The highest BCUT2D eigenvalue weighted by Gasteiger charge is 2.54. The van der Waals surface area contributed by atoms with Crippen LogP contribution in [-0.2, 0) is 25.8 Å². The number of methoxy groups -OCH3 is 2. The number of anilines is 1. The molecule has 2 aliphatic rings. The second kappa shape index (κ2) is 12.8. The van der Waals surface area contributed by atoms with E-state index in [2.05, 4.69) is 5.32 Å². The van der Waals surface area contributed by atoms with Crippen molar-refractivity contribution < 1.29 is 47.1 Å². The van der Waals surface area contributed by atoms with Gasteiger partial charge in [0.1, 0.15) is 6.04 Å². The summed E-state index contributed by atoms with van der Waals surface area (Å²) < 4.78 is 42.1. The number of halogens is 2. The van der Waals surface area contributed by atoms with Gasteiger partial charge < -0.3 is 14.3 Å². The minimum Gasteiger partial charge on any atom is -0.493 e. The summed E-state index contributed by atoms with van der Waals surface area (Å²) in [6, 6.07) is 7.54. The number of benzene rings is 2. The Morgan fingerprint density at radius 1 is 1.00 bits per heavy atom. The van der Waals surface area contributed by atoms with Crippen LogP contribution in [-0.4, -0.2) is 60.7 Å². The van der Waals surface area contributed by atoms with E-state index in [1.165, 1.54) is 32.4 Å². The smallest absolute Gasteiger partial charge is 0.402 e. The van der Waals surface area contributed by atoms with Gasteiger partial charge in [-0.1, -0.05) is 40.2 Å². The molecule has 1 N–H and O–H groups in total. The highest BCUT2D eigenvalue weighted by molar-refractivity contribution is 6.23. The third kappa shape index (κ3) is 6.62. The van der Waals surface area contributed by atoms with Gasteiger partial charge in [0.25, 0.3) is 11.8 Å². The molecule has 11 nitrogen and oxygen atoms in total. The Bertz CT molecular complexity index is 1520. The molecule has 1 fully saturated rings. The summed E-state index contributed by atoms with van der Waals surface area (Å²) in [5.74, 6) is -9.02. The summed E-state index contributed by atoms with van der Waals surface area (Å²) in [7, 11) is 2.88. The summed E-state index contributed by atoms with van der Waals surface area (Å²) in [6.07, 6.45) is 0.414. The summed E-state index contributed by atoms with van der Waals surface area (Å²) in [6.45, 7) is 6.41. The van der Waals surface area contributed by atoms with Crippen molar-refractivity contribution in [1.29, 1.82) is 0 Å². The molecule has 2 heterocycles. The molecule has 4 amide bonds. The maximum atomic E-state index is 15.7. The van der Waals surface area contributed by atoms with Crippen molar-refractivity contribution in [3.8, 4) is 11.5 Å². The maximum absolute atomic E-state index is 15.7. The monoisotopic (exact) mass is 629 g/mol. The SMILES string of the molecule is CCCC(C(C)(C)C)C(F)(F)C(=O)ON(Cc1ccc(OC)c(OC)c1)c1ccc2c(c1)C(=O)N(C1CCC(=O)NC1=O)C2=O. The first-order valence-corrected chi connectivity index (χ1v) is 14.6. The Balaban J connectivity index is 1.72. The fourth-order valence-electron chi connectivity index (χ4n) is 5.69. The van der Waals surface area contributed by atoms with E-state index in [4.69, 9.17) is 14.3 Å². The quantitative estimate of drug-likeness (QED) is 0.278. The van der Waals surface area contributed by atoms with E-state index in [1.54, 1.807) is 45.9 Å². The topological polar surface area (TPSA) is 132 Å². The molecule has 0 spiro atoms. The van der Waals surface area contributed by atoms with Gasteiger partial charge in [0.05, 0.1) is 37.6 Å². The number of imide groups is 2. The number of alkyl halides is 2. The van der Waals surface area contributed by atoms with E-state index < -0.39 is 52.9 Å². The van der Waals surface area contributed by atoms with Crippen LogP contribution in [0.25, 0.3) is 0 Å². The highest BCUT2D eigenvalue weighted by atomic mass is 19.3. The van der Waals surface area contributed by atoms with Crippen LogP contribution in [0.5, 0.6) is 11.5 Å². The van der Waals surface area contributed by atoms with E-state index in [-0.39, 0.29) is 42.6 Å². The fourth-order valence-corrected chi connectivity index (χ4v) is 5.69. The van der Waals surface area contributed by atoms with Crippen LogP contribution in [0.1, 0.15) is 79.7 Å². The van der Waals surface area contributed by atoms with Crippen molar-refractivity contribution in [2.24, 2.45) is 11.3 Å². The number of hydrogen-bond acceptors (Lipinski definition) is 9. The minimum absolute atomic E-state index is 0.0214. The standard InChI is InChI=1S/C32H37F2N3O8/c1-7-8-25(31(2,3)4)32(33,34)30(42)45-36(17-18-9-13-23(43-5)24(15-18)44-6)19-10-11-20-21(16-19)29(41)37(28(20)40)22-12-14-26(38)35-27(22)39/h9-11,13,15-16,22,25H,7-8,12,14,17H2,1-6H3,(H,35,38,39). The lowest BCUT2D eigenvalue weighted by atomic mass is 9.74. The van der Waals surface area contributed by atoms with Crippen LogP contribution in [0.2, 0.25) is 0 Å². The molecule has 0 aliphatic carbocycles. The number of amides is 4. The number of hydroxylamine groups is 1. The molecule has 0 aromatic heterocycles. The van der Waals surface area contributed by atoms with Gasteiger partial charge >= 0.3 is 11.9 Å². The molecule has 0 radical (unpaired) electrons.